The Morgan fingerprint density at radius 1 is 1.07 bits per heavy atom. The fraction of sp³-hybridized carbons (Fsp3) is 0.600. The van der Waals surface area contributed by atoms with Gasteiger partial charge >= 0.3 is 10.5 Å². The summed E-state index contributed by atoms with van der Waals surface area (Å²) in [6.45, 7) is 0. The molecular formula is C5H8F4N2O2S2. The lowest BCUT2D eigenvalue weighted by molar-refractivity contribution is -0.0384. The van der Waals surface area contributed by atoms with Crippen LogP contribution in [0.25, 0.3) is 0 Å². The molecule has 0 saturated carbocycles. The molecule has 0 spiro atoms. The average molecular weight is 268 g/mol. The molecule has 2 atom stereocenters. The van der Waals surface area contributed by atoms with E-state index in [9.17, 15) is 26.0 Å². The van der Waals surface area contributed by atoms with Gasteiger partial charge in [0, 0.05) is 0 Å². The highest BCUT2D eigenvalue weighted by Gasteiger charge is 2.66. The first-order chi connectivity index (χ1) is 6.36. The highest BCUT2D eigenvalue weighted by atomic mass is 32.3. The number of nitrogens with one attached hydrogen (secondary N) is 1. The molecule has 0 aromatic heterocycles. The molecule has 10 heteroatoms. The van der Waals surface area contributed by atoms with E-state index in [4.69, 9.17) is 0 Å². The Bertz CT molecular complexity index is 437. The van der Waals surface area contributed by atoms with E-state index in [0.717, 1.165) is 4.13 Å². The Hall–Kier alpha value is -0.320. The average Bonchev–Trinajstić information content (AvgIpc) is 1.98. The van der Waals surface area contributed by atoms with Crippen LogP contribution in [-0.4, -0.2) is 36.7 Å². The summed E-state index contributed by atoms with van der Waals surface area (Å²) >= 11 is 0. The van der Waals surface area contributed by atoms with Crippen LogP contribution in [0.15, 0.2) is 0 Å². The minimum absolute atomic E-state index is 1.10. The molecular weight excluding hydrogens is 260 g/mol. The van der Waals surface area contributed by atoms with Crippen molar-refractivity contribution >= 4 is 31.2 Å². The Balaban J connectivity index is 3.51. The van der Waals surface area contributed by atoms with Gasteiger partial charge in [-0.15, -0.1) is 0 Å². The van der Waals surface area contributed by atoms with E-state index in [1.54, 1.807) is 0 Å². The van der Waals surface area contributed by atoms with Crippen LogP contribution in [0.1, 0.15) is 0 Å². The Kier molecular flexibility index (Phi) is 2.44. The summed E-state index contributed by atoms with van der Waals surface area (Å²) in [6.07, 6.45) is 0. The molecule has 1 rings (SSSR count). The second kappa shape index (κ2) is 2.87. The van der Waals surface area contributed by atoms with Crippen molar-refractivity contribution in [1.82, 2.24) is 4.13 Å². The first kappa shape index (κ1) is 12.7. The van der Waals surface area contributed by atoms with Gasteiger partial charge < -0.3 is 5.73 Å². The summed E-state index contributed by atoms with van der Waals surface area (Å²) < 4.78 is 75.7. The number of nitrogens with two attached hydrogens (primary N) is 1. The lowest BCUT2D eigenvalue weighted by atomic mass is 10.3. The summed E-state index contributed by atoms with van der Waals surface area (Å²) in [4.78, 5) is 0. The first-order valence-corrected chi connectivity index (χ1v) is 6.85. The zero-order chi connectivity index (χ0) is 12.3. The predicted octanol–water partition coefficient (Wildman–Crippen LogP) is -0.635. The third-order valence-corrected chi connectivity index (χ3v) is 6.29. The molecule has 1 saturated heterocycles. The number of rotatable bonds is 0. The van der Waals surface area contributed by atoms with Crippen molar-refractivity contribution in [3.05, 3.63) is 0 Å². The summed E-state index contributed by atoms with van der Waals surface area (Å²) in [5.74, 6) is 5.06. The van der Waals surface area contributed by atoms with Crippen LogP contribution < -0.4 is 9.86 Å². The standard InChI is InChI=1S/C5H8F4N2O2S2/c1-14(12)4(6,7)3(10)5(8,9)15(2,13)11-14/h3H,1-2,10H2,(H,11,12,13). The van der Waals surface area contributed by atoms with Crippen LogP contribution in [0.5, 0.6) is 0 Å². The van der Waals surface area contributed by atoms with Crippen LogP contribution in [0.2, 0.25) is 0 Å². The maximum atomic E-state index is 13.1. The van der Waals surface area contributed by atoms with Gasteiger partial charge in [0.15, 0.2) is 6.04 Å². The van der Waals surface area contributed by atoms with Crippen LogP contribution >= 0.6 is 0 Å². The van der Waals surface area contributed by atoms with Gasteiger partial charge in [0.25, 0.3) is 0 Å². The van der Waals surface area contributed by atoms with Gasteiger partial charge in [-0.1, -0.05) is 0 Å². The van der Waals surface area contributed by atoms with E-state index in [1.807, 2.05) is 0 Å². The van der Waals surface area contributed by atoms with Gasteiger partial charge in [-0.05, 0) is 11.7 Å². The van der Waals surface area contributed by atoms with E-state index in [1.165, 1.54) is 0 Å². The molecule has 4 nitrogen and oxygen atoms in total. The van der Waals surface area contributed by atoms with E-state index < -0.39 is 36.0 Å². The summed E-state index contributed by atoms with van der Waals surface area (Å²) in [7, 11) is -9.03. The van der Waals surface area contributed by atoms with Gasteiger partial charge in [0.2, 0.25) is 0 Å². The highest BCUT2D eigenvalue weighted by molar-refractivity contribution is 8.14. The Labute approximate surface area is 84.1 Å². The molecule has 90 valence electrons. The molecule has 0 amide bonds. The molecule has 2 unspecified atom stereocenters. The highest BCUT2D eigenvalue weighted by Crippen LogP contribution is 2.40. The Morgan fingerprint density at radius 3 is 1.60 bits per heavy atom. The van der Waals surface area contributed by atoms with Gasteiger partial charge in [0.05, 0.1) is 0 Å². The topological polar surface area (TPSA) is 72.2 Å². The van der Waals surface area contributed by atoms with Gasteiger partial charge in [0.1, 0.15) is 19.4 Å². The zero-order valence-electron chi connectivity index (χ0n) is 7.21. The zero-order valence-corrected chi connectivity index (χ0v) is 8.85. The molecule has 0 aromatic carbocycles. The predicted molar refractivity (Wildman–Crippen MR) is 51.5 cm³/mol. The quantitative estimate of drug-likeness (QED) is 0.453. The molecule has 0 radical (unpaired) electrons. The minimum atomic E-state index is -4.52. The van der Waals surface area contributed by atoms with Crippen molar-refractivity contribution in [3.63, 3.8) is 0 Å². The molecule has 0 bridgehead atoms. The van der Waals surface area contributed by atoms with Crippen molar-refractivity contribution in [2.45, 2.75) is 16.6 Å². The molecule has 15 heavy (non-hydrogen) atoms. The normalized spacial score (nSPS) is 48.7. The lowest BCUT2D eigenvalue weighted by Crippen LogP contribution is -2.69. The maximum absolute atomic E-state index is 13.1. The van der Waals surface area contributed by atoms with Crippen molar-refractivity contribution in [1.29, 1.82) is 0 Å². The second-order valence-corrected chi connectivity index (χ2v) is 7.49. The number of hydrogen-bond donors (Lipinski definition) is 2. The van der Waals surface area contributed by atoms with E-state index in [-0.39, 0.29) is 0 Å². The molecule has 3 N–H and O–H groups in total. The van der Waals surface area contributed by atoms with Crippen molar-refractivity contribution in [3.8, 4) is 0 Å². The third kappa shape index (κ3) is 1.47. The fourth-order valence-electron chi connectivity index (χ4n) is 0.934. The maximum Gasteiger partial charge on any atom is 0.348 e. The van der Waals surface area contributed by atoms with Crippen LogP contribution in [0.3, 0.4) is 0 Å². The van der Waals surface area contributed by atoms with Crippen molar-refractivity contribution in [2.75, 3.05) is 0 Å². The molecule has 1 aliphatic rings. The van der Waals surface area contributed by atoms with Crippen LogP contribution in [0.4, 0.5) is 17.6 Å². The number of alkyl halides is 4. The minimum Gasteiger partial charge on any atom is -0.316 e. The van der Waals surface area contributed by atoms with Crippen LogP contribution in [-0.2, 0) is 19.4 Å². The molecule has 1 aliphatic heterocycles. The number of halogens is 4. The van der Waals surface area contributed by atoms with E-state index in [2.05, 4.69) is 17.5 Å². The summed E-state index contributed by atoms with van der Waals surface area (Å²) in [6, 6.07) is -3.15. The smallest absolute Gasteiger partial charge is 0.316 e. The molecule has 1 fully saturated rings. The van der Waals surface area contributed by atoms with Crippen LogP contribution in [0, 0.1) is 0 Å². The molecule has 0 aliphatic carbocycles. The second-order valence-electron chi connectivity index (χ2n) is 3.04. The summed E-state index contributed by atoms with van der Waals surface area (Å²) in [5, 5.41) is -8.93. The van der Waals surface area contributed by atoms with E-state index in [0.29, 0.717) is 0 Å². The first-order valence-electron chi connectivity index (χ1n) is 3.39. The van der Waals surface area contributed by atoms with Crippen molar-refractivity contribution in [2.24, 2.45) is 5.73 Å². The number of hydrogen-bond acceptors (Lipinski definition) is 3. The lowest BCUT2D eigenvalue weighted by Gasteiger charge is -2.39. The monoisotopic (exact) mass is 268 g/mol. The third-order valence-electron chi connectivity index (χ3n) is 1.87. The van der Waals surface area contributed by atoms with Gasteiger partial charge in [-0.2, -0.15) is 21.7 Å². The van der Waals surface area contributed by atoms with E-state index >= 15 is 0 Å². The molecule has 1 heterocycles. The van der Waals surface area contributed by atoms with Crippen molar-refractivity contribution < 1.29 is 26.0 Å². The van der Waals surface area contributed by atoms with Gasteiger partial charge in [-0.3, -0.25) is 0 Å². The fourth-order valence-corrected chi connectivity index (χ4v) is 4.75. The molecule has 0 aromatic rings. The SMILES string of the molecule is C=S1(=O)NS(=C)(=O)C(F)(F)C(N)C1(F)F. The summed E-state index contributed by atoms with van der Waals surface area (Å²) in [5.41, 5.74) is 4.56. The van der Waals surface area contributed by atoms with Gasteiger partial charge in [-0.25, -0.2) is 8.42 Å². The largest absolute Gasteiger partial charge is 0.348 e. The Morgan fingerprint density at radius 2 is 1.33 bits per heavy atom.